The topological polar surface area (TPSA) is 115 Å². The minimum Gasteiger partial charge on any atom is -0.313 e. The smallest absolute Gasteiger partial charge is 0.313 e. The Bertz CT molecular complexity index is 647. The van der Waals surface area contributed by atoms with E-state index in [0.29, 0.717) is 19.6 Å². The second-order valence-electron chi connectivity index (χ2n) is 4.15. The maximum atomic E-state index is 12.2. The zero-order valence-electron chi connectivity index (χ0n) is 9.76. The molecule has 9 heteroatoms. The number of aromatic amines is 2. The summed E-state index contributed by atoms with van der Waals surface area (Å²) in [6.45, 7) is 2.98. The monoisotopic (exact) mass is 274 g/mol. The second-order valence-corrected chi connectivity index (χ2v) is 6.06. The minimum absolute atomic E-state index is 0.0235. The van der Waals surface area contributed by atoms with E-state index in [0.717, 1.165) is 6.20 Å². The first-order valence-corrected chi connectivity index (χ1v) is 6.91. The fraction of sp³-hybridized carbons (Fsp3) is 0.556. The molecule has 0 spiro atoms. The van der Waals surface area contributed by atoms with Crippen molar-refractivity contribution < 1.29 is 8.42 Å². The van der Waals surface area contributed by atoms with Crippen LogP contribution in [0.1, 0.15) is 6.92 Å². The standard InChI is InChI=1S/C9H14N4O4S/c1-6-5-13(3-2-10-6)18(16,17)7-4-11-9(15)12-8(7)14/h4,6,10H,2-3,5H2,1H3,(H2,11,12,14,15)/t6-/m1/s1. The van der Waals surface area contributed by atoms with Gasteiger partial charge in [0.15, 0.2) is 4.90 Å². The molecule has 1 saturated heterocycles. The molecule has 3 N–H and O–H groups in total. The predicted octanol–water partition coefficient (Wildman–Crippen LogP) is -1.95. The molecule has 0 saturated carbocycles. The summed E-state index contributed by atoms with van der Waals surface area (Å²) in [5, 5.41) is 3.11. The Morgan fingerprint density at radius 2 is 2.11 bits per heavy atom. The lowest BCUT2D eigenvalue weighted by atomic mass is 10.3. The van der Waals surface area contributed by atoms with Gasteiger partial charge < -0.3 is 10.3 Å². The van der Waals surface area contributed by atoms with Crippen molar-refractivity contribution in [2.24, 2.45) is 0 Å². The summed E-state index contributed by atoms with van der Waals surface area (Å²) in [6.07, 6.45) is 0.934. The van der Waals surface area contributed by atoms with Crippen molar-refractivity contribution in [2.45, 2.75) is 17.9 Å². The molecule has 1 aliphatic rings. The van der Waals surface area contributed by atoms with Crippen LogP contribution in [0.15, 0.2) is 20.7 Å². The lowest BCUT2D eigenvalue weighted by Crippen LogP contribution is -2.52. The van der Waals surface area contributed by atoms with E-state index in [2.05, 4.69) is 10.3 Å². The summed E-state index contributed by atoms with van der Waals surface area (Å²) in [4.78, 5) is 26.0. The molecule has 18 heavy (non-hydrogen) atoms. The van der Waals surface area contributed by atoms with Crippen LogP contribution in [0.3, 0.4) is 0 Å². The van der Waals surface area contributed by atoms with Gasteiger partial charge in [0.2, 0.25) is 10.0 Å². The Hall–Kier alpha value is -1.45. The normalized spacial score (nSPS) is 21.9. The van der Waals surface area contributed by atoms with Crippen LogP contribution >= 0.6 is 0 Å². The highest BCUT2D eigenvalue weighted by molar-refractivity contribution is 7.89. The number of piperazine rings is 1. The summed E-state index contributed by atoms with van der Waals surface area (Å²) in [6, 6.07) is 0.0235. The maximum Gasteiger partial charge on any atom is 0.325 e. The number of H-pyrrole nitrogens is 2. The molecule has 1 aromatic rings. The van der Waals surface area contributed by atoms with Crippen molar-refractivity contribution in [3.8, 4) is 0 Å². The van der Waals surface area contributed by atoms with Crippen LogP contribution in [0.4, 0.5) is 0 Å². The van der Waals surface area contributed by atoms with Crippen LogP contribution in [0.25, 0.3) is 0 Å². The summed E-state index contributed by atoms with van der Waals surface area (Å²) >= 11 is 0. The van der Waals surface area contributed by atoms with Gasteiger partial charge in [0.1, 0.15) is 0 Å². The third kappa shape index (κ3) is 2.37. The highest BCUT2D eigenvalue weighted by atomic mass is 32.2. The van der Waals surface area contributed by atoms with Gasteiger partial charge in [0, 0.05) is 31.9 Å². The molecule has 0 amide bonds. The molecule has 0 aliphatic carbocycles. The molecule has 1 aliphatic heterocycles. The molecule has 0 radical (unpaired) electrons. The van der Waals surface area contributed by atoms with Crippen LogP contribution in [0.5, 0.6) is 0 Å². The zero-order chi connectivity index (χ0) is 13.3. The van der Waals surface area contributed by atoms with E-state index >= 15 is 0 Å². The van der Waals surface area contributed by atoms with Crippen molar-refractivity contribution in [3.05, 3.63) is 27.0 Å². The van der Waals surface area contributed by atoms with Crippen LogP contribution < -0.4 is 16.6 Å². The number of hydrogen-bond donors (Lipinski definition) is 3. The quantitative estimate of drug-likeness (QED) is 0.579. The number of nitrogens with zero attached hydrogens (tertiary/aromatic N) is 1. The Morgan fingerprint density at radius 1 is 1.39 bits per heavy atom. The molecule has 0 unspecified atom stereocenters. The first kappa shape index (κ1) is 13.0. The molecule has 1 fully saturated rings. The Morgan fingerprint density at radius 3 is 2.72 bits per heavy atom. The maximum absolute atomic E-state index is 12.2. The van der Waals surface area contributed by atoms with Gasteiger partial charge >= 0.3 is 5.69 Å². The zero-order valence-corrected chi connectivity index (χ0v) is 10.6. The molecular formula is C9H14N4O4S. The molecule has 1 atom stereocenters. The molecule has 2 rings (SSSR count). The average Bonchev–Trinajstić information content (AvgIpc) is 2.28. The van der Waals surface area contributed by atoms with Crippen molar-refractivity contribution in [1.82, 2.24) is 19.6 Å². The van der Waals surface area contributed by atoms with Crippen LogP contribution in [0, 0.1) is 0 Å². The molecule has 0 aromatic carbocycles. The number of sulfonamides is 1. The van der Waals surface area contributed by atoms with Crippen molar-refractivity contribution in [3.63, 3.8) is 0 Å². The molecule has 8 nitrogen and oxygen atoms in total. The van der Waals surface area contributed by atoms with Gasteiger partial charge in [0.05, 0.1) is 0 Å². The van der Waals surface area contributed by atoms with Crippen LogP contribution in [0.2, 0.25) is 0 Å². The molecule has 2 heterocycles. The van der Waals surface area contributed by atoms with E-state index in [4.69, 9.17) is 0 Å². The van der Waals surface area contributed by atoms with Gasteiger partial charge in [-0.15, -0.1) is 0 Å². The predicted molar refractivity (Wildman–Crippen MR) is 63.9 cm³/mol. The third-order valence-electron chi connectivity index (χ3n) is 2.73. The first-order chi connectivity index (χ1) is 8.41. The van der Waals surface area contributed by atoms with E-state index in [9.17, 15) is 18.0 Å². The van der Waals surface area contributed by atoms with E-state index in [-0.39, 0.29) is 6.04 Å². The summed E-state index contributed by atoms with van der Waals surface area (Å²) in [7, 11) is -3.86. The van der Waals surface area contributed by atoms with Crippen molar-refractivity contribution in [1.29, 1.82) is 0 Å². The van der Waals surface area contributed by atoms with E-state index < -0.39 is 26.2 Å². The van der Waals surface area contributed by atoms with E-state index in [1.54, 1.807) is 0 Å². The van der Waals surface area contributed by atoms with Gasteiger partial charge in [-0.1, -0.05) is 0 Å². The summed E-state index contributed by atoms with van der Waals surface area (Å²) in [5.74, 6) is 0. The van der Waals surface area contributed by atoms with Gasteiger partial charge in [0.25, 0.3) is 5.56 Å². The molecule has 1 aromatic heterocycles. The van der Waals surface area contributed by atoms with Gasteiger partial charge in [-0.05, 0) is 6.92 Å². The summed E-state index contributed by atoms with van der Waals surface area (Å²) < 4.78 is 25.7. The molecule has 100 valence electrons. The van der Waals surface area contributed by atoms with Crippen LogP contribution in [-0.2, 0) is 10.0 Å². The Kier molecular flexibility index (Phi) is 3.37. The Balaban J connectivity index is 2.42. The fourth-order valence-corrected chi connectivity index (χ4v) is 3.37. The third-order valence-corrected chi connectivity index (χ3v) is 4.61. The van der Waals surface area contributed by atoms with Crippen molar-refractivity contribution >= 4 is 10.0 Å². The highest BCUT2D eigenvalue weighted by Gasteiger charge is 2.30. The minimum atomic E-state index is -3.86. The first-order valence-electron chi connectivity index (χ1n) is 5.47. The largest absolute Gasteiger partial charge is 0.325 e. The average molecular weight is 274 g/mol. The number of nitrogens with one attached hydrogen (secondary N) is 3. The number of rotatable bonds is 2. The molecular weight excluding hydrogens is 260 g/mol. The molecule has 0 bridgehead atoms. The van der Waals surface area contributed by atoms with Gasteiger partial charge in [-0.2, -0.15) is 4.31 Å². The lowest BCUT2D eigenvalue weighted by Gasteiger charge is -2.30. The lowest BCUT2D eigenvalue weighted by molar-refractivity contribution is 0.310. The summed E-state index contributed by atoms with van der Waals surface area (Å²) in [5.41, 5.74) is -1.63. The van der Waals surface area contributed by atoms with Gasteiger partial charge in [-0.3, -0.25) is 9.78 Å². The number of hydrogen-bond acceptors (Lipinski definition) is 5. The van der Waals surface area contributed by atoms with E-state index in [1.165, 1.54) is 4.31 Å². The van der Waals surface area contributed by atoms with E-state index in [1.807, 2.05) is 11.9 Å². The van der Waals surface area contributed by atoms with Crippen molar-refractivity contribution in [2.75, 3.05) is 19.6 Å². The number of aromatic nitrogens is 2. The van der Waals surface area contributed by atoms with Gasteiger partial charge in [-0.25, -0.2) is 13.2 Å². The second kappa shape index (κ2) is 4.67. The fourth-order valence-electron chi connectivity index (χ4n) is 1.84. The highest BCUT2D eigenvalue weighted by Crippen LogP contribution is 2.12. The van der Waals surface area contributed by atoms with Crippen LogP contribution in [-0.4, -0.2) is 48.4 Å². The Labute approximate surface area is 103 Å². The SMILES string of the molecule is C[C@@H]1CN(S(=O)(=O)c2c[nH]c(=O)[nH]c2=O)CCN1.